The van der Waals surface area contributed by atoms with Crippen molar-refractivity contribution in [1.29, 1.82) is 0 Å². The molecule has 5 nitrogen and oxygen atoms in total. The number of piperidine rings is 1. The van der Waals surface area contributed by atoms with Crippen LogP contribution in [0.25, 0.3) is 5.57 Å². The first-order chi connectivity index (χ1) is 17.6. The van der Waals surface area contributed by atoms with E-state index in [4.69, 9.17) is 9.47 Å². The first kappa shape index (κ1) is 27.2. The van der Waals surface area contributed by atoms with Crippen molar-refractivity contribution in [2.75, 3.05) is 13.1 Å². The van der Waals surface area contributed by atoms with Gasteiger partial charge in [-0.05, 0) is 81.2 Å². The number of ether oxygens (including phenoxy) is 2. The van der Waals surface area contributed by atoms with Gasteiger partial charge in [-0.2, -0.15) is 0 Å². The van der Waals surface area contributed by atoms with Crippen molar-refractivity contribution in [1.82, 2.24) is 4.90 Å². The van der Waals surface area contributed by atoms with Gasteiger partial charge in [0.05, 0.1) is 5.60 Å². The predicted molar refractivity (Wildman–Crippen MR) is 144 cm³/mol. The lowest BCUT2D eigenvalue weighted by Crippen LogP contribution is -2.41. The molecular weight excluding hydrogens is 469 g/mol. The van der Waals surface area contributed by atoms with Crippen LogP contribution in [-0.4, -0.2) is 40.4 Å². The molecule has 0 aromatic heterocycles. The summed E-state index contributed by atoms with van der Waals surface area (Å²) in [4.78, 5) is 14.2. The highest BCUT2D eigenvalue weighted by Gasteiger charge is 2.35. The zero-order valence-corrected chi connectivity index (χ0v) is 22.3. The number of allylic oxidation sites excluding steroid dienone is 1. The Hall–Kier alpha value is -2.86. The van der Waals surface area contributed by atoms with E-state index in [1.807, 2.05) is 57.2 Å². The number of aliphatic hydroxyl groups is 1. The second kappa shape index (κ2) is 11.7. The Labute approximate surface area is 220 Å². The van der Waals surface area contributed by atoms with Crippen LogP contribution < -0.4 is 4.74 Å². The Morgan fingerprint density at radius 2 is 1.76 bits per heavy atom. The van der Waals surface area contributed by atoms with Crippen molar-refractivity contribution >= 4 is 11.7 Å². The van der Waals surface area contributed by atoms with Crippen molar-refractivity contribution in [2.24, 2.45) is 5.92 Å². The van der Waals surface area contributed by atoms with E-state index in [2.05, 4.69) is 6.08 Å². The molecule has 1 aliphatic heterocycles. The number of carbonyl (C=O) groups is 1. The summed E-state index contributed by atoms with van der Waals surface area (Å²) in [5.41, 5.74) is 0.979. The van der Waals surface area contributed by atoms with Gasteiger partial charge in [-0.15, -0.1) is 0 Å². The molecule has 1 heterocycles. The SMILES string of the molecule is CC(C)(C)OC(=O)N1CCC(C=C(c2ccc(OCc3ccccc3)c(F)c2)C2(O)CCCCC2)CC1. The Morgan fingerprint density at radius 3 is 2.38 bits per heavy atom. The van der Waals surface area contributed by atoms with Crippen molar-refractivity contribution in [3.63, 3.8) is 0 Å². The number of rotatable bonds is 6. The molecule has 200 valence electrons. The van der Waals surface area contributed by atoms with E-state index in [0.29, 0.717) is 38.1 Å². The van der Waals surface area contributed by atoms with Crippen LogP contribution in [0.1, 0.15) is 76.8 Å². The van der Waals surface area contributed by atoms with Gasteiger partial charge in [0.1, 0.15) is 12.2 Å². The van der Waals surface area contributed by atoms with Gasteiger partial charge in [-0.1, -0.05) is 61.7 Å². The third kappa shape index (κ3) is 7.35. The molecule has 2 aromatic rings. The summed E-state index contributed by atoms with van der Waals surface area (Å²) < 4.78 is 26.4. The Kier molecular flexibility index (Phi) is 8.58. The summed E-state index contributed by atoms with van der Waals surface area (Å²) in [6.45, 7) is 7.10. The van der Waals surface area contributed by atoms with E-state index in [1.54, 1.807) is 11.0 Å². The molecule has 2 aromatic carbocycles. The second-order valence-corrected chi connectivity index (χ2v) is 11.4. The molecule has 0 spiro atoms. The summed E-state index contributed by atoms with van der Waals surface area (Å²) in [7, 11) is 0. The average Bonchev–Trinajstić information content (AvgIpc) is 2.87. The lowest BCUT2D eigenvalue weighted by atomic mass is 9.75. The number of nitrogens with zero attached hydrogens (tertiary/aromatic N) is 1. The highest BCUT2D eigenvalue weighted by atomic mass is 19.1. The number of hydrogen-bond acceptors (Lipinski definition) is 4. The van der Waals surface area contributed by atoms with Gasteiger partial charge in [-0.3, -0.25) is 0 Å². The van der Waals surface area contributed by atoms with Gasteiger partial charge in [0.2, 0.25) is 0 Å². The number of hydrogen-bond donors (Lipinski definition) is 1. The third-order valence-corrected chi connectivity index (χ3v) is 7.26. The van der Waals surface area contributed by atoms with Gasteiger partial charge in [-0.25, -0.2) is 9.18 Å². The lowest BCUT2D eigenvalue weighted by molar-refractivity contribution is 0.0195. The molecule has 1 N–H and O–H groups in total. The minimum Gasteiger partial charge on any atom is -0.486 e. The average molecular weight is 510 g/mol. The van der Waals surface area contributed by atoms with E-state index < -0.39 is 17.0 Å². The molecule has 4 rings (SSSR count). The van der Waals surface area contributed by atoms with E-state index in [9.17, 15) is 9.90 Å². The number of amides is 1. The summed E-state index contributed by atoms with van der Waals surface area (Å²) >= 11 is 0. The van der Waals surface area contributed by atoms with Crippen LogP contribution in [0, 0.1) is 11.7 Å². The number of benzene rings is 2. The molecule has 1 aliphatic carbocycles. The van der Waals surface area contributed by atoms with Crippen LogP contribution in [0.5, 0.6) is 5.75 Å². The van der Waals surface area contributed by atoms with Crippen LogP contribution in [-0.2, 0) is 11.3 Å². The van der Waals surface area contributed by atoms with Crippen molar-refractivity contribution in [2.45, 2.75) is 83.5 Å². The topological polar surface area (TPSA) is 59.0 Å². The van der Waals surface area contributed by atoms with E-state index in [1.165, 1.54) is 6.07 Å². The zero-order valence-electron chi connectivity index (χ0n) is 22.3. The molecule has 1 saturated heterocycles. The molecule has 1 amide bonds. The molecule has 37 heavy (non-hydrogen) atoms. The predicted octanol–water partition coefficient (Wildman–Crippen LogP) is 7.13. The maximum absolute atomic E-state index is 15.2. The fourth-order valence-corrected chi connectivity index (χ4v) is 5.26. The van der Waals surface area contributed by atoms with Gasteiger partial charge in [0.25, 0.3) is 0 Å². The molecule has 0 bridgehead atoms. The fourth-order valence-electron chi connectivity index (χ4n) is 5.26. The normalized spacial score (nSPS) is 18.9. The Balaban J connectivity index is 1.51. The third-order valence-electron chi connectivity index (χ3n) is 7.26. The number of carbonyl (C=O) groups excluding carboxylic acids is 1. The summed E-state index contributed by atoms with van der Waals surface area (Å²) in [5.74, 6) is -0.0385. The van der Waals surface area contributed by atoms with E-state index in [-0.39, 0.29) is 17.8 Å². The molecule has 0 radical (unpaired) electrons. The molecular formula is C31H40FNO4. The van der Waals surface area contributed by atoms with Crippen LogP contribution in [0.3, 0.4) is 0 Å². The fraction of sp³-hybridized carbons (Fsp3) is 0.516. The molecule has 6 heteroatoms. The number of likely N-dealkylation sites (tertiary alicyclic amines) is 1. The maximum atomic E-state index is 15.2. The van der Waals surface area contributed by atoms with Gasteiger partial charge >= 0.3 is 6.09 Å². The van der Waals surface area contributed by atoms with Crippen LogP contribution in [0.15, 0.2) is 54.6 Å². The van der Waals surface area contributed by atoms with E-state index in [0.717, 1.165) is 43.2 Å². The molecule has 0 unspecified atom stereocenters. The van der Waals surface area contributed by atoms with Crippen molar-refractivity contribution < 1.29 is 23.8 Å². The highest BCUT2D eigenvalue weighted by Crippen LogP contribution is 2.41. The lowest BCUT2D eigenvalue weighted by Gasteiger charge is -2.37. The Bertz CT molecular complexity index is 1080. The van der Waals surface area contributed by atoms with Crippen molar-refractivity contribution in [3.05, 3.63) is 71.6 Å². The minimum atomic E-state index is -0.973. The first-order valence-electron chi connectivity index (χ1n) is 13.5. The second-order valence-electron chi connectivity index (χ2n) is 11.4. The standard InChI is InChI=1S/C31H40FNO4/c1-30(2,3)37-29(34)33-18-14-23(15-19-33)20-26(31(35)16-8-5-9-17-31)25-12-13-28(27(32)21-25)36-22-24-10-6-4-7-11-24/h4,6-7,10-13,20-21,23,35H,5,8-9,14-19,22H2,1-3H3. The summed E-state index contributed by atoms with van der Waals surface area (Å²) in [5, 5.41) is 11.7. The number of halogens is 1. The van der Waals surface area contributed by atoms with Crippen LogP contribution in [0.2, 0.25) is 0 Å². The largest absolute Gasteiger partial charge is 0.486 e. The minimum absolute atomic E-state index is 0.191. The Morgan fingerprint density at radius 1 is 1.08 bits per heavy atom. The van der Waals surface area contributed by atoms with E-state index >= 15 is 4.39 Å². The molecule has 1 saturated carbocycles. The van der Waals surface area contributed by atoms with Gasteiger partial charge < -0.3 is 19.5 Å². The van der Waals surface area contributed by atoms with Crippen LogP contribution >= 0.6 is 0 Å². The van der Waals surface area contributed by atoms with Crippen molar-refractivity contribution in [3.8, 4) is 5.75 Å². The van der Waals surface area contributed by atoms with Gasteiger partial charge in [0, 0.05) is 13.1 Å². The first-order valence-corrected chi connectivity index (χ1v) is 13.5. The van der Waals surface area contributed by atoms with Crippen LogP contribution in [0.4, 0.5) is 9.18 Å². The summed E-state index contributed by atoms with van der Waals surface area (Å²) in [6, 6.07) is 14.7. The maximum Gasteiger partial charge on any atom is 0.410 e. The molecule has 2 fully saturated rings. The summed E-state index contributed by atoms with van der Waals surface area (Å²) in [6.07, 6.45) is 7.75. The smallest absolute Gasteiger partial charge is 0.410 e. The zero-order chi connectivity index (χ0) is 26.5. The monoisotopic (exact) mass is 509 g/mol. The molecule has 0 atom stereocenters. The quantitative estimate of drug-likeness (QED) is 0.450. The molecule has 2 aliphatic rings. The van der Waals surface area contributed by atoms with Gasteiger partial charge in [0.15, 0.2) is 11.6 Å². The highest BCUT2D eigenvalue weighted by molar-refractivity contribution is 5.73.